The third-order valence-electron chi connectivity index (χ3n) is 3.01. The average molecular weight is 271 g/mol. The van der Waals surface area contributed by atoms with Crippen LogP contribution in [0.25, 0.3) is 0 Å². The number of hydrogen-bond donors (Lipinski definition) is 4. The van der Waals surface area contributed by atoms with E-state index in [1.165, 1.54) is 0 Å². The Hall–Kier alpha value is -1.36. The van der Waals surface area contributed by atoms with Crippen LogP contribution < -0.4 is 5.32 Å². The van der Waals surface area contributed by atoms with Gasteiger partial charge in [-0.2, -0.15) is 0 Å². The topological polar surface area (TPSA) is 107 Å². The van der Waals surface area contributed by atoms with Crippen molar-refractivity contribution < 1.29 is 24.3 Å². The van der Waals surface area contributed by atoms with E-state index in [0.29, 0.717) is 5.69 Å². The molecular formula is C11H14NO5P. The van der Waals surface area contributed by atoms with Crippen LogP contribution in [0.2, 0.25) is 0 Å². The fourth-order valence-electron chi connectivity index (χ4n) is 2.27. The van der Waals surface area contributed by atoms with Crippen LogP contribution >= 0.6 is 7.60 Å². The first-order chi connectivity index (χ1) is 8.37. The fourth-order valence-corrected chi connectivity index (χ4v) is 3.19. The molecule has 0 spiro atoms. The number of nitrogens with one attached hydrogen (secondary N) is 1. The van der Waals surface area contributed by atoms with Crippen LogP contribution in [0.15, 0.2) is 24.3 Å². The lowest BCUT2D eigenvalue weighted by Gasteiger charge is -2.31. The minimum Gasteiger partial charge on any atom is -0.480 e. The molecule has 0 amide bonds. The van der Waals surface area contributed by atoms with Gasteiger partial charge in [-0.1, -0.05) is 18.2 Å². The van der Waals surface area contributed by atoms with Gasteiger partial charge in [-0.15, -0.1) is 0 Å². The van der Waals surface area contributed by atoms with Gasteiger partial charge in [0.1, 0.15) is 6.04 Å². The van der Waals surface area contributed by atoms with E-state index in [9.17, 15) is 9.36 Å². The quantitative estimate of drug-likeness (QED) is 0.616. The number of carboxylic acids is 1. The summed E-state index contributed by atoms with van der Waals surface area (Å²) >= 11 is 0. The molecule has 98 valence electrons. The van der Waals surface area contributed by atoms with Gasteiger partial charge < -0.3 is 20.2 Å². The lowest BCUT2D eigenvalue weighted by atomic mass is 9.88. The SMILES string of the molecule is O=C(O)[C@H]1C[C@@H](CP(=O)(O)O)c2ccccc2N1. The lowest BCUT2D eigenvalue weighted by Crippen LogP contribution is -2.35. The second kappa shape index (κ2) is 4.72. The molecule has 1 heterocycles. The molecule has 0 radical (unpaired) electrons. The molecule has 0 aliphatic carbocycles. The maximum absolute atomic E-state index is 11.1. The second-order valence-electron chi connectivity index (χ2n) is 4.40. The molecule has 6 nitrogen and oxygen atoms in total. The predicted octanol–water partition coefficient (Wildman–Crippen LogP) is 1.22. The van der Waals surface area contributed by atoms with Gasteiger partial charge in [-0.25, -0.2) is 4.79 Å². The van der Waals surface area contributed by atoms with E-state index < -0.39 is 25.5 Å². The number of carboxylic acid groups (broad SMARTS) is 1. The fraction of sp³-hybridized carbons (Fsp3) is 0.364. The molecule has 0 bridgehead atoms. The van der Waals surface area contributed by atoms with Crippen molar-refractivity contribution in [1.82, 2.24) is 0 Å². The monoisotopic (exact) mass is 271 g/mol. The molecule has 1 aromatic carbocycles. The van der Waals surface area contributed by atoms with Crippen LogP contribution in [0.4, 0.5) is 5.69 Å². The van der Waals surface area contributed by atoms with Crippen molar-refractivity contribution in [1.29, 1.82) is 0 Å². The van der Waals surface area contributed by atoms with Crippen LogP contribution in [-0.2, 0) is 9.36 Å². The second-order valence-corrected chi connectivity index (χ2v) is 6.10. The summed E-state index contributed by atoms with van der Waals surface area (Å²) < 4.78 is 11.1. The summed E-state index contributed by atoms with van der Waals surface area (Å²) in [5.41, 5.74) is 1.40. The molecule has 0 unspecified atom stereocenters. The zero-order valence-electron chi connectivity index (χ0n) is 9.48. The van der Waals surface area contributed by atoms with E-state index in [1.54, 1.807) is 24.3 Å². The van der Waals surface area contributed by atoms with E-state index in [4.69, 9.17) is 14.9 Å². The summed E-state index contributed by atoms with van der Waals surface area (Å²) in [5, 5.41) is 11.9. The summed E-state index contributed by atoms with van der Waals surface area (Å²) in [5.74, 6) is -1.45. The number of fused-ring (bicyclic) bond motifs is 1. The zero-order valence-corrected chi connectivity index (χ0v) is 10.4. The predicted molar refractivity (Wildman–Crippen MR) is 65.8 cm³/mol. The van der Waals surface area contributed by atoms with Crippen molar-refractivity contribution in [2.75, 3.05) is 11.5 Å². The molecule has 18 heavy (non-hydrogen) atoms. The van der Waals surface area contributed by atoms with Crippen molar-refractivity contribution in [3.05, 3.63) is 29.8 Å². The van der Waals surface area contributed by atoms with Crippen molar-refractivity contribution in [3.8, 4) is 0 Å². The van der Waals surface area contributed by atoms with E-state index in [-0.39, 0.29) is 12.6 Å². The lowest BCUT2D eigenvalue weighted by molar-refractivity contribution is -0.138. The van der Waals surface area contributed by atoms with Gasteiger partial charge in [-0.3, -0.25) is 4.57 Å². The standard InChI is InChI=1S/C11H14NO5P/c13-11(14)10-5-7(6-18(15,16)17)8-3-1-2-4-9(8)12-10/h1-4,7,10,12H,5-6H2,(H,13,14)(H2,15,16,17)/t7-,10+/m0/s1. The summed E-state index contributed by atoms with van der Waals surface area (Å²) in [6.45, 7) is 0. The van der Waals surface area contributed by atoms with Gasteiger partial charge in [0.05, 0.1) is 6.16 Å². The highest BCUT2D eigenvalue weighted by molar-refractivity contribution is 7.51. The molecular weight excluding hydrogens is 257 g/mol. The van der Waals surface area contributed by atoms with Gasteiger partial charge in [-0.05, 0) is 24.0 Å². The Morgan fingerprint density at radius 2 is 2.06 bits per heavy atom. The normalized spacial score (nSPS) is 23.0. The molecule has 1 aromatic rings. The number of aliphatic carboxylic acids is 1. The number of para-hydroxylation sites is 1. The van der Waals surface area contributed by atoms with Gasteiger partial charge in [0, 0.05) is 5.69 Å². The number of carbonyl (C=O) groups is 1. The number of anilines is 1. The Kier molecular flexibility index (Phi) is 3.43. The molecule has 1 aliphatic rings. The largest absolute Gasteiger partial charge is 0.480 e. The Labute approximate surface area is 104 Å². The third kappa shape index (κ3) is 2.90. The van der Waals surface area contributed by atoms with Gasteiger partial charge in [0.15, 0.2) is 0 Å². The summed E-state index contributed by atoms with van der Waals surface area (Å²) in [6.07, 6.45) is -0.146. The minimum absolute atomic E-state index is 0.178. The van der Waals surface area contributed by atoms with Gasteiger partial charge in [0.25, 0.3) is 0 Å². The first-order valence-electron chi connectivity index (χ1n) is 5.49. The summed E-state index contributed by atoms with van der Waals surface area (Å²) in [4.78, 5) is 29.1. The molecule has 0 saturated heterocycles. The zero-order chi connectivity index (χ0) is 13.3. The van der Waals surface area contributed by atoms with Crippen molar-refractivity contribution >= 4 is 19.3 Å². The molecule has 2 atom stereocenters. The minimum atomic E-state index is -4.17. The maximum atomic E-state index is 11.1. The molecule has 4 N–H and O–H groups in total. The average Bonchev–Trinajstić information content (AvgIpc) is 2.26. The highest BCUT2D eigenvalue weighted by atomic mass is 31.2. The van der Waals surface area contributed by atoms with Crippen molar-refractivity contribution in [2.24, 2.45) is 0 Å². The summed E-state index contributed by atoms with van der Waals surface area (Å²) in [6, 6.07) is 6.20. The third-order valence-corrected chi connectivity index (χ3v) is 3.92. The van der Waals surface area contributed by atoms with E-state index >= 15 is 0 Å². The Balaban J connectivity index is 2.33. The number of rotatable bonds is 3. The molecule has 0 saturated carbocycles. The number of hydrogen-bond acceptors (Lipinski definition) is 3. The van der Waals surface area contributed by atoms with Crippen LogP contribution in [-0.4, -0.2) is 33.1 Å². The number of benzene rings is 1. The highest BCUT2D eigenvalue weighted by Crippen LogP contribution is 2.45. The summed E-state index contributed by atoms with van der Waals surface area (Å²) in [7, 11) is -4.17. The van der Waals surface area contributed by atoms with E-state index in [1.807, 2.05) is 0 Å². The Bertz CT molecular complexity index is 512. The van der Waals surface area contributed by atoms with Gasteiger partial charge in [0.2, 0.25) is 0 Å². The molecule has 1 aliphatic heterocycles. The van der Waals surface area contributed by atoms with Gasteiger partial charge >= 0.3 is 13.6 Å². The van der Waals surface area contributed by atoms with Crippen LogP contribution in [0.5, 0.6) is 0 Å². The van der Waals surface area contributed by atoms with Crippen molar-refractivity contribution in [3.63, 3.8) is 0 Å². The Morgan fingerprint density at radius 3 is 2.67 bits per heavy atom. The molecule has 0 fully saturated rings. The smallest absolute Gasteiger partial charge is 0.326 e. The highest BCUT2D eigenvalue weighted by Gasteiger charge is 2.33. The van der Waals surface area contributed by atoms with Crippen LogP contribution in [0.3, 0.4) is 0 Å². The first kappa shape index (κ1) is 13.1. The van der Waals surface area contributed by atoms with Crippen LogP contribution in [0, 0.1) is 0 Å². The Morgan fingerprint density at radius 1 is 1.39 bits per heavy atom. The van der Waals surface area contributed by atoms with Crippen molar-refractivity contribution in [2.45, 2.75) is 18.4 Å². The molecule has 0 aromatic heterocycles. The van der Waals surface area contributed by atoms with Crippen LogP contribution in [0.1, 0.15) is 17.9 Å². The first-order valence-corrected chi connectivity index (χ1v) is 7.29. The van der Waals surface area contributed by atoms with E-state index in [0.717, 1.165) is 5.56 Å². The molecule has 2 rings (SSSR count). The molecule has 7 heteroatoms. The van der Waals surface area contributed by atoms with E-state index in [2.05, 4.69) is 5.32 Å². The maximum Gasteiger partial charge on any atom is 0.326 e.